The average Bonchev–Trinajstić information content (AvgIpc) is 1.56. The van der Waals surface area contributed by atoms with Gasteiger partial charge in [0.15, 0.2) is 40.7 Å². The minimum atomic E-state index is -4.55. The van der Waals surface area contributed by atoms with E-state index in [4.69, 9.17) is 34.8 Å². The van der Waals surface area contributed by atoms with E-state index >= 15 is 0 Å². The summed E-state index contributed by atoms with van der Waals surface area (Å²) in [5.41, 5.74) is 0.289. The molecule has 2 saturated heterocycles. The lowest BCUT2D eigenvalue weighted by Crippen LogP contribution is -2.54. The summed E-state index contributed by atoms with van der Waals surface area (Å²) in [5.74, 6) is -1.58. The zero-order chi connectivity index (χ0) is 62.6. The number of amides is 3. The first-order chi connectivity index (χ1) is 41.4. The monoisotopic (exact) mass is 1270 g/mol. The van der Waals surface area contributed by atoms with Crippen LogP contribution in [0, 0.1) is 23.0 Å². The second kappa shape index (κ2) is 25.6. The Morgan fingerprint density at radius 3 is 1.51 bits per heavy atom. The Labute approximate surface area is 517 Å². The van der Waals surface area contributed by atoms with E-state index in [9.17, 15) is 46.0 Å². The molecule has 31 heteroatoms. The van der Waals surface area contributed by atoms with E-state index in [1.807, 2.05) is 25.2 Å². The SMILES string of the molecule is CC(C)(Nc1nc(-c2c[nH]c3ncc(Cl)cc23)ncc1C#N)C(=O)NCC(F)(F)F.CCNC(=O)[C@@]1(C)CCCN1c1nc(-c2c[nH]c3ncc(Cl)cc23)ncc1F.C[C@]1(C(=O)NCCF)CCCN1c1nc(-c2c[nH]c3ncc(Cl)cc23)ncc1F.[HH].[HH].[HH].[HH].[HH].[HH].[HH]. The molecule has 2 aliphatic heterocycles. The number of aromatic amines is 3. The van der Waals surface area contributed by atoms with E-state index in [2.05, 4.69) is 75.8 Å². The molecule has 0 saturated carbocycles. The Morgan fingerprint density at radius 2 is 1.09 bits per heavy atom. The first-order valence-electron chi connectivity index (χ1n) is 26.9. The van der Waals surface area contributed by atoms with Gasteiger partial charge in [0.05, 0.1) is 33.7 Å². The van der Waals surface area contributed by atoms with Crippen LogP contribution in [0.4, 0.5) is 43.8 Å². The minimum Gasteiger partial charge on any atom is -0.355 e. The number of aromatic nitrogens is 12. The number of anilines is 3. The molecular weight excluding hydrogens is 1210 g/mol. The van der Waals surface area contributed by atoms with Crippen molar-refractivity contribution in [3.8, 4) is 40.2 Å². The molecule has 9 aromatic heterocycles. The van der Waals surface area contributed by atoms with Crippen molar-refractivity contribution in [3.05, 3.63) is 106 Å². The van der Waals surface area contributed by atoms with E-state index < -0.39 is 53.6 Å². The highest BCUT2D eigenvalue weighted by Crippen LogP contribution is 2.39. The maximum absolute atomic E-state index is 14.7. The summed E-state index contributed by atoms with van der Waals surface area (Å²) in [6.07, 6.45) is 11.1. The van der Waals surface area contributed by atoms with E-state index in [1.165, 1.54) is 32.4 Å². The number of hydrogen-bond acceptors (Lipinski definition) is 16. The Hall–Kier alpha value is -8.94. The van der Waals surface area contributed by atoms with E-state index in [0.29, 0.717) is 104 Å². The van der Waals surface area contributed by atoms with E-state index in [1.54, 1.807) is 59.7 Å². The highest BCUT2D eigenvalue weighted by Gasteiger charge is 2.46. The van der Waals surface area contributed by atoms with Crippen molar-refractivity contribution < 1.29 is 50.7 Å². The topological polar surface area (TPSA) is 293 Å². The molecule has 11 heterocycles. The van der Waals surface area contributed by atoms with Crippen molar-refractivity contribution in [2.45, 2.75) is 83.1 Å². The van der Waals surface area contributed by atoms with Gasteiger partial charge in [-0.05, 0) is 78.5 Å². The predicted octanol–water partition coefficient (Wildman–Crippen LogP) is 11.7. The summed E-state index contributed by atoms with van der Waals surface area (Å²) < 4.78 is 79.1. The van der Waals surface area contributed by atoms with Crippen LogP contribution >= 0.6 is 34.8 Å². The van der Waals surface area contributed by atoms with Crippen LogP contribution in [0.5, 0.6) is 0 Å². The Kier molecular flexibility index (Phi) is 18.4. The molecule has 0 spiro atoms. The number of alkyl halides is 4. The number of carbonyl (C=O) groups is 3. The van der Waals surface area contributed by atoms with Crippen LogP contribution in [-0.2, 0) is 14.4 Å². The Bertz CT molecular complexity index is 4140. The second-order valence-electron chi connectivity index (χ2n) is 21.0. The second-order valence-corrected chi connectivity index (χ2v) is 22.3. The van der Waals surface area contributed by atoms with Crippen LogP contribution in [0.2, 0.25) is 15.1 Å². The number of carbonyl (C=O) groups excluding carboxylic acids is 3. The summed E-state index contributed by atoms with van der Waals surface area (Å²) in [4.78, 5) is 88.1. The summed E-state index contributed by atoms with van der Waals surface area (Å²) in [5, 5.41) is 22.7. The fourth-order valence-corrected chi connectivity index (χ4v) is 10.5. The van der Waals surface area contributed by atoms with Gasteiger partial charge in [0.2, 0.25) is 17.7 Å². The van der Waals surface area contributed by atoms with Crippen LogP contribution in [0.3, 0.4) is 0 Å². The summed E-state index contributed by atoms with van der Waals surface area (Å²) in [6.45, 7) is 7.44. The molecule has 0 radical (unpaired) electrons. The van der Waals surface area contributed by atoms with Crippen LogP contribution in [0.15, 0.2) is 74.0 Å². The van der Waals surface area contributed by atoms with E-state index in [-0.39, 0.29) is 63.0 Å². The fourth-order valence-electron chi connectivity index (χ4n) is 10.1. The molecule has 2 aliphatic rings. The van der Waals surface area contributed by atoms with E-state index in [0.717, 1.165) is 24.2 Å². The zero-order valence-corrected chi connectivity index (χ0v) is 49.3. The number of rotatable bonds is 14. The van der Waals surface area contributed by atoms with Crippen molar-refractivity contribution >= 4 is 103 Å². The maximum atomic E-state index is 14.7. The fraction of sp³-hybridized carbons (Fsp3) is 0.339. The number of nitrogens with one attached hydrogen (secondary N) is 7. The van der Waals surface area contributed by atoms with Crippen LogP contribution in [0.1, 0.15) is 75.9 Å². The molecule has 7 N–H and O–H groups in total. The molecule has 22 nitrogen and oxygen atoms in total. The van der Waals surface area contributed by atoms with Gasteiger partial charge in [-0.1, -0.05) is 34.8 Å². The maximum Gasteiger partial charge on any atom is 0.405 e. The van der Waals surface area contributed by atoms with Gasteiger partial charge in [0.25, 0.3) is 0 Å². The van der Waals surface area contributed by atoms with Gasteiger partial charge >= 0.3 is 6.18 Å². The minimum absolute atomic E-state index is 0. The molecule has 2 fully saturated rings. The molecule has 11 rings (SSSR count). The van der Waals surface area contributed by atoms with Gasteiger partial charge in [0.1, 0.15) is 64.2 Å². The third kappa shape index (κ3) is 13.4. The Balaban J connectivity index is 0.000000463. The number of likely N-dealkylation sites (N-methyl/N-ethyl adjacent to an activating group) is 1. The quantitative estimate of drug-likeness (QED) is 0.0498. The van der Waals surface area contributed by atoms with Crippen molar-refractivity contribution in [2.24, 2.45) is 0 Å². The van der Waals surface area contributed by atoms with Gasteiger partial charge in [0, 0.05) is 106 Å². The van der Waals surface area contributed by atoms with Crippen molar-refractivity contribution in [1.82, 2.24) is 75.8 Å². The molecule has 3 amide bonds. The van der Waals surface area contributed by atoms with Crippen LogP contribution < -0.4 is 31.1 Å². The largest absolute Gasteiger partial charge is 0.405 e. The molecule has 0 aromatic carbocycles. The molecular formula is C56H68Cl3F6N19O3. The normalized spacial score (nSPS) is 16.7. The smallest absolute Gasteiger partial charge is 0.355 e. The van der Waals surface area contributed by atoms with Gasteiger partial charge in [-0.2, -0.15) is 18.4 Å². The first-order valence-corrected chi connectivity index (χ1v) is 28.0. The van der Waals surface area contributed by atoms with Gasteiger partial charge < -0.3 is 46.0 Å². The number of H-pyrrole nitrogens is 3. The zero-order valence-electron chi connectivity index (χ0n) is 47.0. The molecule has 0 bridgehead atoms. The van der Waals surface area contributed by atoms with Gasteiger partial charge in [-0.3, -0.25) is 14.4 Å². The lowest BCUT2D eigenvalue weighted by atomic mass is 9.97. The molecule has 0 aliphatic carbocycles. The third-order valence-electron chi connectivity index (χ3n) is 14.5. The van der Waals surface area contributed by atoms with Gasteiger partial charge in [-0.25, -0.2) is 58.0 Å². The Morgan fingerprint density at radius 1 is 0.667 bits per heavy atom. The number of fused-ring (bicyclic) bond motifs is 3. The molecule has 9 aromatic rings. The number of nitrogens with zero attached hydrogens (tertiary/aromatic N) is 12. The molecule has 2 atom stereocenters. The number of pyridine rings is 3. The lowest BCUT2D eigenvalue weighted by Gasteiger charge is -2.34. The highest BCUT2D eigenvalue weighted by molar-refractivity contribution is 6.32. The lowest BCUT2D eigenvalue weighted by molar-refractivity contribution is -0.140. The summed E-state index contributed by atoms with van der Waals surface area (Å²) >= 11 is 18.1. The number of halogens is 9. The van der Waals surface area contributed by atoms with Crippen molar-refractivity contribution in [3.63, 3.8) is 0 Å². The molecule has 87 heavy (non-hydrogen) atoms. The third-order valence-corrected chi connectivity index (χ3v) is 15.1. The predicted molar refractivity (Wildman–Crippen MR) is 330 cm³/mol. The molecule has 468 valence electrons. The molecule has 0 unspecified atom stereocenters. The van der Waals surface area contributed by atoms with Crippen molar-refractivity contribution in [2.75, 3.05) is 54.5 Å². The van der Waals surface area contributed by atoms with Crippen LogP contribution in [-0.4, -0.2) is 140 Å². The summed E-state index contributed by atoms with van der Waals surface area (Å²) in [6, 6.07) is 7.05. The summed E-state index contributed by atoms with van der Waals surface area (Å²) in [7, 11) is 0. The van der Waals surface area contributed by atoms with Crippen molar-refractivity contribution in [1.29, 1.82) is 5.26 Å². The number of nitriles is 1. The standard InChI is InChI=1S/C19H19ClF2N6O.C19H20ClFN6O.C18H15ClF3N7O.7H2/c1-19(18(29)23-5-4-21)3-2-6-28(19)17-14(22)10-26-16(27-17)13-9-25-15-12(13)7-11(20)8-24-15;1-3-22-18(28)19(2)5-4-6-27(19)17-14(21)10-25-16(26-17)13-9-24-15-12(13)7-11(20)8-23-15;1-17(2,16(30)27-8-18(20,21)22)29-13-9(4-23)5-24-15(28-13)12-7-26-14-11(12)3-10(19)6-25-14;;;;;;;/h7-10H,2-6H2,1H3,(H,23,29)(H,24,25);7-10H,3-6H2,1-2H3,(H,22,28)(H,23,24);3,5-7H,8H2,1-2H3,(H,25,26)(H,27,30)(H,24,28,29);7*1H/t2*19-;;;;;;;;/m11......../s1. The highest BCUT2D eigenvalue weighted by atomic mass is 35.5. The number of hydrogen-bond donors (Lipinski definition) is 7. The average molecular weight is 1280 g/mol. The van der Waals surface area contributed by atoms with Gasteiger partial charge in [-0.15, -0.1) is 0 Å². The van der Waals surface area contributed by atoms with Crippen LogP contribution in [0.25, 0.3) is 67.3 Å². The first kappa shape index (κ1) is 62.6.